The number of ether oxygens (including phenoxy) is 1. The van der Waals surface area contributed by atoms with Crippen molar-refractivity contribution in [2.45, 2.75) is 39.2 Å². The number of hydrogen-bond donors (Lipinski definition) is 2. The maximum atomic E-state index is 13.0. The molecule has 0 bridgehead atoms. The maximum absolute atomic E-state index is 13.0. The zero-order valence-corrected chi connectivity index (χ0v) is 23.6. The molecule has 1 aliphatic rings. The monoisotopic (exact) mass is 587 g/mol. The second-order valence-electron chi connectivity index (χ2n) is 10.8. The molecule has 0 spiro atoms. The van der Waals surface area contributed by atoms with E-state index >= 15 is 0 Å². The molecule has 14 heteroatoms. The van der Waals surface area contributed by atoms with Crippen molar-refractivity contribution in [3.63, 3.8) is 0 Å². The Morgan fingerprint density at radius 2 is 1.88 bits per heavy atom. The minimum Gasteiger partial charge on any atom is -0.444 e. The quantitative estimate of drug-likeness (QED) is 0.292. The molecular formula is C29H29N7O7. The number of rotatable bonds is 9. The van der Waals surface area contributed by atoms with E-state index in [0.717, 1.165) is 30.1 Å². The first-order valence-corrected chi connectivity index (χ1v) is 13.4. The van der Waals surface area contributed by atoms with Crippen molar-refractivity contribution in [3.8, 4) is 11.5 Å². The van der Waals surface area contributed by atoms with Crippen LogP contribution in [-0.2, 0) is 4.74 Å². The van der Waals surface area contributed by atoms with Crippen LogP contribution in [0.2, 0.25) is 0 Å². The SMILES string of the molecule is CC(C)(C)OC(=O)N(CC1CC1)c1cc(-c2nc(C(=O)Nc3cn(OC(=O)c4ccccc4)nc3C(N)=O)co2)ccn1. The van der Waals surface area contributed by atoms with Gasteiger partial charge in [0.15, 0.2) is 11.4 Å². The number of carbonyl (C=O) groups is 4. The van der Waals surface area contributed by atoms with Crippen LogP contribution in [0, 0.1) is 5.92 Å². The van der Waals surface area contributed by atoms with Gasteiger partial charge in [-0.15, -0.1) is 5.10 Å². The number of amides is 3. The first-order valence-electron chi connectivity index (χ1n) is 13.4. The van der Waals surface area contributed by atoms with E-state index in [-0.39, 0.29) is 28.5 Å². The van der Waals surface area contributed by atoms with E-state index in [4.69, 9.17) is 19.7 Å². The number of carbonyl (C=O) groups excluding carboxylic acids is 4. The van der Waals surface area contributed by atoms with Crippen LogP contribution >= 0.6 is 0 Å². The molecule has 14 nitrogen and oxygen atoms in total. The summed E-state index contributed by atoms with van der Waals surface area (Å²) < 4.78 is 11.1. The Morgan fingerprint density at radius 1 is 1.14 bits per heavy atom. The van der Waals surface area contributed by atoms with Crippen LogP contribution in [0.5, 0.6) is 0 Å². The summed E-state index contributed by atoms with van der Waals surface area (Å²) in [7, 11) is 0. The highest BCUT2D eigenvalue weighted by molar-refractivity contribution is 6.07. The molecule has 4 aromatic rings. The molecule has 0 saturated heterocycles. The van der Waals surface area contributed by atoms with E-state index in [2.05, 4.69) is 20.4 Å². The number of nitrogens with two attached hydrogens (primary N) is 1. The molecule has 0 aliphatic heterocycles. The number of pyridine rings is 1. The fourth-order valence-electron chi connectivity index (χ4n) is 3.92. The van der Waals surface area contributed by atoms with Gasteiger partial charge in [-0.3, -0.25) is 14.5 Å². The Labute approximate surface area is 245 Å². The number of aromatic nitrogens is 4. The second kappa shape index (κ2) is 11.8. The van der Waals surface area contributed by atoms with Gasteiger partial charge in [0.25, 0.3) is 11.8 Å². The minimum absolute atomic E-state index is 0.0898. The third-order valence-corrected chi connectivity index (χ3v) is 6.12. The smallest absolute Gasteiger partial charge is 0.416 e. The lowest BCUT2D eigenvalue weighted by molar-refractivity contribution is 0.0391. The van der Waals surface area contributed by atoms with Crippen LogP contribution < -0.4 is 20.8 Å². The van der Waals surface area contributed by atoms with Gasteiger partial charge in [-0.1, -0.05) is 23.0 Å². The van der Waals surface area contributed by atoms with Gasteiger partial charge >= 0.3 is 12.1 Å². The van der Waals surface area contributed by atoms with Crippen molar-refractivity contribution in [1.82, 2.24) is 19.9 Å². The average molecular weight is 588 g/mol. The second-order valence-corrected chi connectivity index (χ2v) is 10.8. The van der Waals surface area contributed by atoms with Gasteiger partial charge in [0.1, 0.15) is 17.7 Å². The van der Waals surface area contributed by atoms with Crippen LogP contribution in [0.3, 0.4) is 0 Å². The molecule has 3 aromatic heterocycles. The van der Waals surface area contributed by atoms with Crippen LogP contribution in [0.15, 0.2) is 65.5 Å². The van der Waals surface area contributed by atoms with E-state index in [0.29, 0.717) is 23.8 Å². The first kappa shape index (κ1) is 29.0. The zero-order chi connectivity index (χ0) is 30.7. The molecule has 43 heavy (non-hydrogen) atoms. The van der Waals surface area contributed by atoms with E-state index in [1.54, 1.807) is 63.2 Å². The fraction of sp³-hybridized carbons (Fsp3) is 0.276. The van der Waals surface area contributed by atoms with Gasteiger partial charge in [0.05, 0.1) is 17.4 Å². The normalized spacial score (nSPS) is 12.8. The molecule has 5 rings (SSSR count). The average Bonchev–Trinajstić information content (AvgIpc) is 3.48. The molecule has 0 atom stereocenters. The molecular weight excluding hydrogens is 558 g/mol. The predicted molar refractivity (Wildman–Crippen MR) is 152 cm³/mol. The van der Waals surface area contributed by atoms with Crippen LogP contribution in [-0.4, -0.2) is 55.9 Å². The summed E-state index contributed by atoms with van der Waals surface area (Å²) in [5.74, 6) is -1.64. The molecule has 3 heterocycles. The van der Waals surface area contributed by atoms with Gasteiger partial charge in [0.2, 0.25) is 5.89 Å². The highest BCUT2D eigenvalue weighted by Crippen LogP contribution is 2.32. The zero-order valence-electron chi connectivity index (χ0n) is 23.6. The lowest BCUT2D eigenvalue weighted by Gasteiger charge is -2.27. The van der Waals surface area contributed by atoms with Crippen LogP contribution in [0.1, 0.15) is 64.9 Å². The van der Waals surface area contributed by atoms with Crippen LogP contribution in [0.25, 0.3) is 11.5 Å². The Morgan fingerprint density at radius 3 is 2.56 bits per heavy atom. The summed E-state index contributed by atoms with van der Waals surface area (Å²) in [5, 5.41) is 6.34. The molecule has 0 unspecified atom stereocenters. The largest absolute Gasteiger partial charge is 0.444 e. The molecule has 3 N–H and O–H groups in total. The van der Waals surface area contributed by atoms with Crippen molar-refractivity contribution in [2.24, 2.45) is 11.7 Å². The number of oxazole rings is 1. The molecule has 1 aliphatic carbocycles. The van der Waals surface area contributed by atoms with Crippen molar-refractivity contribution in [2.75, 3.05) is 16.8 Å². The van der Waals surface area contributed by atoms with Crippen LogP contribution in [0.4, 0.5) is 16.3 Å². The van der Waals surface area contributed by atoms with Gasteiger partial charge in [-0.2, -0.15) is 0 Å². The van der Waals surface area contributed by atoms with Gasteiger partial charge in [-0.25, -0.2) is 19.6 Å². The fourth-order valence-corrected chi connectivity index (χ4v) is 3.92. The standard InChI is InChI=1S/C29H29N7O7/c1-29(2,3)42-28(40)35(14-17-9-10-17)22-13-19(11-12-31-22)26-33-21(16-41-26)25(38)32-20-15-36(34-23(20)24(30)37)43-27(39)18-7-5-4-6-8-18/h4-8,11-13,15-17H,9-10,14H2,1-3H3,(H2,30,37)(H,32,38). The third-order valence-electron chi connectivity index (χ3n) is 6.12. The minimum atomic E-state index is -0.962. The Kier molecular flexibility index (Phi) is 7.92. The Balaban J connectivity index is 1.32. The summed E-state index contributed by atoms with van der Waals surface area (Å²) in [6.45, 7) is 5.83. The Hall–Kier alpha value is -5.53. The lowest BCUT2D eigenvalue weighted by atomic mass is 10.2. The third kappa shape index (κ3) is 7.22. The molecule has 1 aromatic carbocycles. The summed E-state index contributed by atoms with van der Waals surface area (Å²) >= 11 is 0. The predicted octanol–water partition coefficient (Wildman–Crippen LogP) is 3.70. The van der Waals surface area contributed by atoms with Crippen molar-refractivity contribution in [1.29, 1.82) is 0 Å². The van der Waals surface area contributed by atoms with Crippen molar-refractivity contribution < 1.29 is 33.2 Å². The number of anilines is 2. The van der Waals surface area contributed by atoms with E-state index in [9.17, 15) is 19.2 Å². The van der Waals surface area contributed by atoms with Crippen molar-refractivity contribution in [3.05, 3.63) is 78.1 Å². The highest BCUT2D eigenvalue weighted by Gasteiger charge is 2.31. The number of nitrogens with one attached hydrogen (secondary N) is 1. The molecule has 1 fully saturated rings. The maximum Gasteiger partial charge on any atom is 0.416 e. The van der Waals surface area contributed by atoms with Gasteiger partial charge in [-0.05, 0) is 63.8 Å². The summed E-state index contributed by atoms with van der Waals surface area (Å²) in [4.78, 5) is 66.2. The van der Waals surface area contributed by atoms with Crippen molar-refractivity contribution >= 4 is 35.4 Å². The summed E-state index contributed by atoms with van der Waals surface area (Å²) in [6.07, 6.45) is 5.27. The van der Waals surface area contributed by atoms with E-state index < -0.39 is 29.5 Å². The number of hydrogen-bond acceptors (Lipinski definition) is 10. The number of benzene rings is 1. The molecule has 1 saturated carbocycles. The van der Waals surface area contributed by atoms with E-state index in [1.165, 1.54) is 11.1 Å². The van der Waals surface area contributed by atoms with Gasteiger partial charge in [0, 0.05) is 18.3 Å². The molecule has 222 valence electrons. The molecule has 3 amide bonds. The molecule has 0 radical (unpaired) electrons. The number of primary amides is 1. The first-order chi connectivity index (χ1) is 20.5. The lowest BCUT2D eigenvalue weighted by Crippen LogP contribution is -2.38. The Bertz CT molecular complexity index is 1670. The topological polar surface area (TPSA) is 185 Å². The van der Waals surface area contributed by atoms with E-state index in [1.807, 2.05) is 0 Å². The number of nitrogens with zero attached hydrogens (tertiary/aromatic N) is 5. The highest BCUT2D eigenvalue weighted by atomic mass is 16.7. The summed E-state index contributed by atoms with van der Waals surface area (Å²) in [5.41, 5.74) is 4.87. The summed E-state index contributed by atoms with van der Waals surface area (Å²) in [6, 6.07) is 11.4. The van der Waals surface area contributed by atoms with Gasteiger partial charge < -0.3 is 25.0 Å².